The van der Waals surface area contributed by atoms with Gasteiger partial charge in [-0.1, -0.05) is 0 Å². The first-order valence-electron chi connectivity index (χ1n) is 2.68. The van der Waals surface area contributed by atoms with E-state index in [-0.39, 0.29) is 0 Å². The van der Waals surface area contributed by atoms with Crippen LogP contribution in [0.4, 0.5) is 0 Å². The standard InChI is InChI=1S/C6H3N2O2/c1-3-9-5(7-1)6-8-2-4-10-6/h1-3H. The van der Waals surface area contributed by atoms with E-state index < -0.39 is 0 Å². The molecule has 0 atom stereocenters. The van der Waals surface area contributed by atoms with E-state index in [1.165, 1.54) is 18.7 Å². The highest BCUT2D eigenvalue weighted by Gasteiger charge is 2.05. The fourth-order valence-corrected chi connectivity index (χ4v) is 0.621. The highest BCUT2D eigenvalue weighted by atomic mass is 16.4. The van der Waals surface area contributed by atoms with Gasteiger partial charge in [-0.25, -0.2) is 9.97 Å². The summed E-state index contributed by atoms with van der Waals surface area (Å²) in [5, 5.41) is 0. The van der Waals surface area contributed by atoms with Crippen LogP contribution in [0.5, 0.6) is 0 Å². The minimum Gasteiger partial charge on any atom is -0.441 e. The lowest BCUT2D eigenvalue weighted by atomic mass is 10.7. The zero-order chi connectivity index (χ0) is 6.81. The molecule has 10 heavy (non-hydrogen) atoms. The van der Waals surface area contributed by atoms with Crippen molar-refractivity contribution >= 4 is 0 Å². The van der Waals surface area contributed by atoms with Crippen LogP contribution in [-0.4, -0.2) is 9.97 Å². The summed E-state index contributed by atoms with van der Waals surface area (Å²) in [7, 11) is 0. The van der Waals surface area contributed by atoms with Crippen LogP contribution >= 0.6 is 0 Å². The summed E-state index contributed by atoms with van der Waals surface area (Å²) in [6.45, 7) is 0. The van der Waals surface area contributed by atoms with Crippen molar-refractivity contribution < 1.29 is 8.83 Å². The van der Waals surface area contributed by atoms with Gasteiger partial charge in [-0.15, -0.1) is 0 Å². The fourth-order valence-electron chi connectivity index (χ4n) is 0.621. The zero-order valence-electron chi connectivity index (χ0n) is 4.94. The molecule has 0 N–H and O–H groups in total. The van der Waals surface area contributed by atoms with E-state index in [2.05, 4.69) is 16.2 Å². The van der Waals surface area contributed by atoms with Crippen molar-refractivity contribution in [1.29, 1.82) is 0 Å². The molecular formula is C6H3N2O2. The zero-order valence-corrected chi connectivity index (χ0v) is 4.94. The van der Waals surface area contributed by atoms with E-state index in [0.717, 1.165) is 0 Å². The second kappa shape index (κ2) is 1.98. The maximum absolute atomic E-state index is 4.89. The van der Waals surface area contributed by atoms with E-state index in [9.17, 15) is 0 Å². The summed E-state index contributed by atoms with van der Waals surface area (Å²) in [6.07, 6.45) is 6.83. The third-order valence-corrected chi connectivity index (χ3v) is 1.01. The van der Waals surface area contributed by atoms with Crippen LogP contribution < -0.4 is 0 Å². The SMILES string of the molecule is [c]1cnc(-c2ncco2)o1. The molecule has 2 aromatic rings. The summed E-state index contributed by atoms with van der Waals surface area (Å²) < 4.78 is 9.68. The van der Waals surface area contributed by atoms with E-state index in [0.29, 0.717) is 11.8 Å². The molecule has 0 saturated heterocycles. The molecule has 1 radical (unpaired) electrons. The van der Waals surface area contributed by atoms with Crippen LogP contribution in [0, 0.1) is 6.26 Å². The van der Waals surface area contributed by atoms with Crippen molar-refractivity contribution in [3.63, 3.8) is 0 Å². The lowest BCUT2D eigenvalue weighted by Crippen LogP contribution is -1.72. The van der Waals surface area contributed by atoms with Gasteiger partial charge in [0.05, 0.1) is 12.4 Å². The monoisotopic (exact) mass is 135 g/mol. The minimum atomic E-state index is 0.352. The lowest BCUT2D eigenvalue weighted by molar-refractivity contribution is 0.506. The number of oxazole rings is 2. The first-order chi connectivity index (χ1) is 4.97. The second-order valence-corrected chi connectivity index (χ2v) is 1.62. The summed E-state index contributed by atoms with van der Waals surface area (Å²) in [6, 6.07) is 0. The predicted octanol–water partition coefficient (Wildman–Crippen LogP) is 1.13. The maximum atomic E-state index is 4.89. The first kappa shape index (κ1) is 5.22. The molecule has 2 aromatic heterocycles. The smallest absolute Gasteiger partial charge is 0.284 e. The van der Waals surface area contributed by atoms with Crippen LogP contribution in [0.1, 0.15) is 0 Å². The van der Waals surface area contributed by atoms with Gasteiger partial charge in [0.2, 0.25) is 0 Å². The second-order valence-electron chi connectivity index (χ2n) is 1.62. The van der Waals surface area contributed by atoms with Gasteiger partial charge >= 0.3 is 0 Å². The Morgan fingerprint density at radius 2 is 2.30 bits per heavy atom. The molecule has 2 heterocycles. The van der Waals surface area contributed by atoms with Gasteiger partial charge in [-0.05, 0) is 0 Å². The number of nitrogens with zero attached hydrogens (tertiary/aromatic N) is 2. The largest absolute Gasteiger partial charge is 0.441 e. The molecule has 0 aliphatic carbocycles. The summed E-state index contributed by atoms with van der Waals surface area (Å²) in [5.41, 5.74) is 0. The van der Waals surface area contributed by atoms with Crippen molar-refractivity contribution in [2.75, 3.05) is 0 Å². The molecular weight excluding hydrogens is 132 g/mol. The average Bonchev–Trinajstić information content (AvgIpc) is 2.59. The van der Waals surface area contributed by atoms with Crippen molar-refractivity contribution in [3.8, 4) is 11.8 Å². The number of hydrogen-bond acceptors (Lipinski definition) is 4. The van der Waals surface area contributed by atoms with Crippen molar-refractivity contribution in [2.45, 2.75) is 0 Å². The van der Waals surface area contributed by atoms with Gasteiger partial charge < -0.3 is 8.83 Å². The van der Waals surface area contributed by atoms with Gasteiger partial charge in [-0.2, -0.15) is 0 Å². The molecule has 0 fully saturated rings. The Morgan fingerprint density at radius 3 is 2.90 bits per heavy atom. The Kier molecular flexibility index (Phi) is 1.04. The van der Waals surface area contributed by atoms with Crippen LogP contribution in [0.2, 0.25) is 0 Å². The quantitative estimate of drug-likeness (QED) is 0.588. The highest BCUT2D eigenvalue weighted by molar-refractivity contribution is 5.34. The van der Waals surface area contributed by atoms with Crippen LogP contribution in [0.15, 0.2) is 27.5 Å². The summed E-state index contributed by atoms with van der Waals surface area (Å²) >= 11 is 0. The predicted molar refractivity (Wildman–Crippen MR) is 30.8 cm³/mol. The summed E-state index contributed by atoms with van der Waals surface area (Å²) in [5.74, 6) is 0.728. The Labute approximate surface area is 56.5 Å². The third-order valence-electron chi connectivity index (χ3n) is 1.01. The Balaban J connectivity index is 2.48. The molecule has 0 bridgehead atoms. The Morgan fingerprint density at radius 1 is 1.30 bits per heavy atom. The molecule has 0 aliphatic rings. The molecule has 0 saturated carbocycles. The molecule has 2 rings (SSSR count). The van der Waals surface area contributed by atoms with E-state index in [4.69, 9.17) is 8.83 Å². The van der Waals surface area contributed by atoms with Crippen LogP contribution in [-0.2, 0) is 0 Å². The van der Waals surface area contributed by atoms with Crippen molar-refractivity contribution in [1.82, 2.24) is 9.97 Å². The summed E-state index contributed by atoms with van der Waals surface area (Å²) in [4.78, 5) is 7.60. The average molecular weight is 135 g/mol. The molecule has 4 nitrogen and oxygen atoms in total. The normalized spacial score (nSPS) is 10.0. The molecule has 0 aliphatic heterocycles. The van der Waals surface area contributed by atoms with Crippen LogP contribution in [0.3, 0.4) is 0 Å². The number of rotatable bonds is 1. The van der Waals surface area contributed by atoms with Gasteiger partial charge in [0.25, 0.3) is 11.8 Å². The molecule has 49 valence electrons. The lowest BCUT2D eigenvalue weighted by Gasteiger charge is -1.80. The minimum absolute atomic E-state index is 0.352. The van der Waals surface area contributed by atoms with E-state index >= 15 is 0 Å². The molecule has 0 unspecified atom stereocenters. The van der Waals surface area contributed by atoms with Crippen LogP contribution in [0.25, 0.3) is 11.8 Å². The first-order valence-corrected chi connectivity index (χ1v) is 2.68. The highest BCUT2D eigenvalue weighted by Crippen LogP contribution is 2.12. The topological polar surface area (TPSA) is 52.1 Å². The molecule has 0 spiro atoms. The number of aromatic nitrogens is 2. The molecule has 4 heteroatoms. The molecule has 0 aromatic carbocycles. The third kappa shape index (κ3) is 0.699. The van der Waals surface area contributed by atoms with E-state index in [1.807, 2.05) is 0 Å². The van der Waals surface area contributed by atoms with Crippen molar-refractivity contribution in [2.24, 2.45) is 0 Å². The van der Waals surface area contributed by atoms with E-state index in [1.54, 1.807) is 0 Å². The van der Waals surface area contributed by atoms with Gasteiger partial charge in [-0.3, -0.25) is 0 Å². The Hall–Kier alpha value is -1.58. The fraction of sp³-hybridized carbons (Fsp3) is 0. The maximum Gasteiger partial charge on any atom is 0.284 e. The van der Waals surface area contributed by atoms with Gasteiger partial charge in [0.1, 0.15) is 6.26 Å². The van der Waals surface area contributed by atoms with Gasteiger partial charge in [0.15, 0.2) is 6.26 Å². The molecule has 0 amide bonds. The van der Waals surface area contributed by atoms with Gasteiger partial charge in [0, 0.05) is 0 Å². The Bertz CT molecular complexity index is 253. The van der Waals surface area contributed by atoms with Crippen molar-refractivity contribution in [3.05, 3.63) is 24.9 Å². The number of hydrogen-bond donors (Lipinski definition) is 0.